The van der Waals surface area contributed by atoms with Crippen molar-refractivity contribution in [2.24, 2.45) is 0 Å². The number of benzene rings is 1. The Hall–Kier alpha value is -2.01. The zero-order valence-corrected chi connectivity index (χ0v) is 10.5. The van der Waals surface area contributed by atoms with Gasteiger partial charge in [-0.1, -0.05) is 18.3 Å². The smallest absolute Gasteiger partial charge is 0.153 e. The molecule has 2 aromatic rings. The Morgan fingerprint density at radius 3 is 2.89 bits per heavy atom. The molecule has 2 N–H and O–H groups in total. The molecule has 1 heterocycles. The number of H-pyrrole nitrogens is 1. The SMILES string of the molecule is Cc1c(Nc2cccc(F)c2)c(C=O)c[nH]c1=S. The first-order chi connectivity index (χ1) is 8.61. The normalized spacial score (nSPS) is 10.1. The van der Waals surface area contributed by atoms with Crippen molar-refractivity contribution in [1.29, 1.82) is 0 Å². The monoisotopic (exact) mass is 262 g/mol. The van der Waals surface area contributed by atoms with Gasteiger partial charge in [0, 0.05) is 17.4 Å². The molecule has 18 heavy (non-hydrogen) atoms. The van der Waals surface area contributed by atoms with Crippen LogP contribution in [0.4, 0.5) is 15.8 Å². The predicted molar refractivity (Wildman–Crippen MR) is 71.4 cm³/mol. The number of carbonyl (C=O) groups excluding carboxylic acids is 1. The molecule has 0 bridgehead atoms. The van der Waals surface area contributed by atoms with Gasteiger partial charge < -0.3 is 10.3 Å². The molecule has 5 heteroatoms. The molecular formula is C13H11FN2OS. The van der Waals surface area contributed by atoms with Crippen LogP contribution in [0.5, 0.6) is 0 Å². The van der Waals surface area contributed by atoms with E-state index in [-0.39, 0.29) is 5.82 Å². The Bertz CT molecular complexity index is 652. The third kappa shape index (κ3) is 2.46. The van der Waals surface area contributed by atoms with Crippen LogP contribution in [-0.4, -0.2) is 11.3 Å². The number of aromatic amines is 1. The molecule has 1 aromatic carbocycles. The van der Waals surface area contributed by atoms with Crippen molar-refractivity contribution in [2.75, 3.05) is 5.32 Å². The fourth-order valence-electron chi connectivity index (χ4n) is 1.62. The number of hydrogen-bond acceptors (Lipinski definition) is 3. The van der Waals surface area contributed by atoms with Crippen molar-refractivity contribution in [1.82, 2.24) is 4.98 Å². The Morgan fingerprint density at radius 1 is 1.44 bits per heavy atom. The van der Waals surface area contributed by atoms with Gasteiger partial charge >= 0.3 is 0 Å². The third-order valence-electron chi connectivity index (χ3n) is 2.58. The molecule has 0 saturated carbocycles. The van der Waals surface area contributed by atoms with Gasteiger partial charge in [-0.25, -0.2) is 4.39 Å². The lowest BCUT2D eigenvalue weighted by Gasteiger charge is -2.12. The van der Waals surface area contributed by atoms with Crippen LogP contribution in [0.15, 0.2) is 30.5 Å². The highest BCUT2D eigenvalue weighted by molar-refractivity contribution is 7.71. The predicted octanol–water partition coefficient (Wildman–Crippen LogP) is 3.75. The molecule has 0 spiro atoms. The Morgan fingerprint density at radius 2 is 2.22 bits per heavy atom. The minimum atomic E-state index is -0.341. The highest BCUT2D eigenvalue weighted by atomic mass is 32.1. The molecule has 0 amide bonds. The van der Waals surface area contributed by atoms with Crippen LogP contribution >= 0.6 is 12.2 Å². The first-order valence-electron chi connectivity index (χ1n) is 5.32. The van der Waals surface area contributed by atoms with E-state index in [9.17, 15) is 9.18 Å². The lowest BCUT2D eigenvalue weighted by atomic mass is 10.1. The number of nitrogens with one attached hydrogen (secondary N) is 2. The summed E-state index contributed by atoms with van der Waals surface area (Å²) < 4.78 is 13.6. The standard InChI is InChI=1S/C13H11FN2OS/c1-8-12(9(7-17)6-15-13(8)18)16-11-4-2-3-10(14)5-11/h2-7H,1H3,(H2,15,16,18). The average Bonchev–Trinajstić information content (AvgIpc) is 2.35. The lowest BCUT2D eigenvalue weighted by Crippen LogP contribution is -2.00. The van der Waals surface area contributed by atoms with Crippen molar-refractivity contribution in [3.63, 3.8) is 0 Å². The van der Waals surface area contributed by atoms with E-state index >= 15 is 0 Å². The maximum atomic E-state index is 13.1. The van der Waals surface area contributed by atoms with Crippen LogP contribution in [0.2, 0.25) is 0 Å². The average molecular weight is 262 g/mol. The summed E-state index contributed by atoms with van der Waals surface area (Å²) in [7, 11) is 0. The van der Waals surface area contributed by atoms with Crippen LogP contribution in [0.25, 0.3) is 0 Å². The van der Waals surface area contributed by atoms with Gasteiger partial charge in [0.15, 0.2) is 6.29 Å². The maximum absolute atomic E-state index is 13.1. The number of rotatable bonds is 3. The van der Waals surface area contributed by atoms with Crippen LogP contribution in [-0.2, 0) is 0 Å². The Balaban J connectivity index is 2.48. The van der Waals surface area contributed by atoms with Gasteiger partial charge in [-0.2, -0.15) is 0 Å². The molecule has 92 valence electrons. The number of aromatic nitrogens is 1. The van der Waals surface area contributed by atoms with Gasteiger partial charge in [0.2, 0.25) is 0 Å². The molecule has 0 fully saturated rings. The second-order valence-electron chi connectivity index (χ2n) is 3.83. The zero-order valence-electron chi connectivity index (χ0n) is 9.66. The molecular weight excluding hydrogens is 251 g/mol. The molecule has 3 nitrogen and oxygen atoms in total. The van der Waals surface area contributed by atoms with Gasteiger partial charge in [0.05, 0.1) is 11.3 Å². The van der Waals surface area contributed by atoms with E-state index in [1.165, 1.54) is 18.3 Å². The number of pyridine rings is 1. The van der Waals surface area contributed by atoms with E-state index in [0.29, 0.717) is 21.6 Å². The molecule has 0 unspecified atom stereocenters. The number of aldehydes is 1. The summed E-state index contributed by atoms with van der Waals surface area (Å²) >= 11 is 5.10. The molecule has 0 saturated heterocycles. The highest BCUT2D eigenvalue weighted by Gasteiger charge is 2.07. The molecule has 0 radical (unpaired) electrons. The fraction of sp³-hybridized carbons (Fsp3) is 0.0769. The summed E-state index contributed by atoms with van der Waals surface area (Å²) in [5, 5.41) is 3.02. The first kappa shape index (κ1) is 12.4. The minimum Gasteiger partial charge on any atom is -0.355 e. The topological polar surface area (TPSA) is 44.9 Å². The van der Waals surface area contributed by atoms with E-state index < -0.39 is 0 Å². The fourth-order valence-corrected chi connectivity index (χ4v) is 1.78. The van der Waals surface area contributed by atoms with Gasteiger partial charge in [0.1, 0.15) is 10.5 Å². The summed E-state index contributed by atoms with van der Waals surface area (Å²) in [4.78, 5) is 13.8. The van der Waals surface area contributed by atoms with Crippen molar-refractivity contribution in [2.45, 2.75) is 6.92 Å². The molecule has 0 aliphatic rings. The minimum absolute atomic E-state index is 0.341. The Kier molecular flexibility index (Phi) is 3.53. The van der Waals surface area contributed by atoms with Crippen LogP contribution in [0.1, 0.15) is 15.9 Å². The number of hydrogen-bond donors (Lipinski definition) is 2. The van der Waals surface area contributed by atoms with Crippen molar-refractivity contribution >= 4 is 29.9 Å². The summed E-state index contributed by atoms with van der Waals surface area (Å²) in [5.74, 6) is -0.341. The molecule has 1 aromatic heterocycles. The summed E-state index contributed by atoms with van der Waals surface area (Å²) in [6.07, 6.45) is 2.25. The van der Waals surface area contributed by atoms with Crippen molar-refractivity contribution in [3.8, 4) is 0 Å². The summed E-state index contributed by atoms with van der Waals surface area (Å²) in [6.45, 7) is 1.80. The van der Waals surface area contributed by atoms with E-state index in [4.69, 9.17) is 12.2 Å². The maximum Gasteiger partial charge on any atom is 0.153 e. The summed E-state index contributed by atoms with van der Waals surface area (Å²) in [5.41, 5.74) is 2.37. The van der Waals surface area contributed by atoms with E-state index in [1.54, 1.807) is 19.1 Å². The number of anilines is 2. The van der Waals surface area contributed by atoms with Gasteiger partial charge in [-0.3, -0.25) is 4.79 Å². The van der Waals surface area contributed by atoms with Crippen LogP contribution < -0.4 is 5.32 Å². The van der Waals surface area contributed by atoms with E-state index in [0.717, 1.165) is 11.8 Å². The molecule has 0 aliphatic heterocycles. The molecule has 0 atom stereocenters. The second-order valence-corrected chi connectivity index (χ2v) is 4.23. The van der Waals surface area contributed by atoms with Crippen LogP contribution in [0, 0.1) is 17.4 Å². The summed E-state index contributed by atoms with van der Waals surface area (Å²) in [6, 6.07) is 6.03. The van der Waals surface area contributed by atoms with Gasteiger partial charge in [-0.05, 0) is 25.1 Å². The quantitative estimate of drug-likeness (QED) is 0.654. The molecule has 2 rings (SSSR count). The lowest BCUT2D eigenvalue weighted by molar-refractivity contribution is 0.112. The number of halogens is 1. The van der Waals surface area contributed by atoms with Crippen molar-refractivity contribution < 1.29 is 9.18 Å². The molecule has 0 aliphatic carbocycles. The first-order valence-corrected chi connectivity index (χ1v) is 5.72. The van der Waals surface area contributed by atoms with Crippen LogP contribution in [0.3, 0.4) is 0 Å². The zero-order chi connectivity index (χ0) is 13.1. The van der Waals surface area contributed by atoms with E-state index in [2.05, 4.69) is 10.3 Å². The largest absolute Gasteiger partial charge is 0.355 e. The van der Waals surface area contributed by atoms with Gasteiger partial charge in [0.25, 0.3) is 0 Å². The Labute approximate surface area is 109 Å². The number of carbonyl (C=O) groups is 1. The van der Waals surface area contributed by atoms with Gasteiger partial charge in [-0.15, -0.1) is 0 Å². The van der Waals surface area contributed by atoms with Crippen molar-refractivity contribution in [3.05, 3.63) is 52.0 Å². The second kappa shape index (κ2) is 5.10. The van der Waals surface area contributed by atoms with E-state index in [1.807, 2.05) is 0 Å². The third-order valence-corrected chi connectivity index (χ3v) is 3.01. The highest BCUT2D eigenvalue weighted by Crippen LogP contribution is 2.24.